The molecule has 3 N–H and O–H groups in total. The van der Waals surface area contributed by atoms with E-state index in [0.29, 0.717) is 6.42 Å². The number of ketones is 1. The zero-order valence-electron chi connectivity index (χ0n) is 13.9. The van der Waals surface area contributed by atoms with E-state index >= 15 is 0 Å². The summed E-state index contributed by atoms with van der Waals surface area (Å²) in [7, 11) is 0. The highest BCUT2D eigenvalue weighted by molar-refractivity contribution is 5.99. The van der Waals surface area contributed by atoms with Crippen molar-refractivity contribution in [2.75, 3.05) is 0 Å². The van der Waals surface area contributed by atoms with Gasteiger partial charge in [0.25, 0.3) is 5.91 Å². The summed E-state index contributed by atoms with van der Waals surface area (Å²) in [6.07, 6.45) is 0.323. The Morgan fingerprint density at radius 2 is 1.76 bits per heavy atom. The van der Waals surface area contributed by atoms with Crippen molar-refractivity contribution in [3.63, 3.8) is 0 Å². The van der Waals surface area contributed by atoms with Crippen molar-refractivity contribution in [3.05, 3.63) is 69.4 Å². The van der Waals surface area contributed by atoms with Crippen LogP contribution in [-0.2, 0) is 11.2 Å². The second-order valence-electron chi connectivity index (χ2n) is 5.81. The maximum atomic E-state index is 12.5. The first-order chi connectivity index (χ1) is 11.8. The van der Waals surface area contributed by atoms with Crippen molar-refractivity contribution in [1.82, 2.24) is 5.32 Å². The number of aromatic hydroxyl groups is 2. The lowest BCUT2D eigenvalue weighted by Gasteiger charge is -2.16. The Kier molecular flexibility index (Phi) is 5.54. The van der Waals surface area contributed by atoms with Crippen LogP contribution in [0.2, 0.25) is 0 Å². The summed E-state index contributed by atoms with van der Waals surface area (Å²) in [5.74, 6) is -2.34. The molecule has 0 bridgehead atoms. The summed E-state index contributed by atoms with van der Waals surface area (Å²) < 4.78 is 0. The third-order valence-corrected chi connectivity index (χ3v) is 3.85. The van der Waals surface area contributed by atoms with Crippen molar-refractivity contribution in [1.29, 1.82) is 0 Å². The summed E-state index contributed by atoms with van der Waals surface area (Å²) in [5, 5.41) is 21.8. The molecule has 6 nitrogen and oxygen atoms in total. The fraction of sp³-hybridized carbons (Fsp3) is 0.211. The topological polar surface area (TPSA) is 104 Å². The minimum atomic E-state index is -0.824. The highest BCUT2D eigenvalue weighted by Gasteiger charge is 2.20. The summed E-state index contributed by atoms with van der Waals surface area (Å²) in [6, 6.07) is 10.6. The van der Waals surface area contributed by atoms with E-state index in [0.717, 1.165) is 17.7 Å². The molecule has 0 saturated carbocycles. The lowest BCUT2D eigenvalue weighted by Crippen LogP contribution is -2.41. The molecule has 6 heteroatoms. The van der Waals surface area contributed by atoms with E-state index in [9.17, 15) is 24.6 Å². The molecule has 0 aromatic heterocycles. The molecular formula is C19H19NO5. The SMILES string of the molecule is CC(=O)[C@H](Cc1ccccc1)NC(=O)c1cc(O)c(O)c(=O)cc1C. The fourth-order valence-electron chi connectivity index (χ4n) is 2.41. The minimum Gasteiger partial charge on any atom is -0.504 e. The number of carbonyl (C=O) groups is 2. The van der Waals surface area contributed by atoms with Crippen LogP contribution in [0.15, 0.2) is 47.3 Å². The Bertz CT molecular complexity index is 862. The van der Waals surface area contributed by atoms with Crippen LogP contribution in [0.4, 0.5) is 0 Å². The molecule has 2 aromatic carbocycles. The van der Waals surface area contributed by atoms with Crippen molar-refractivity contribution in [3.8, 4) is 11.5 Å². The number of carbonyl (C=O) groups excluding carboxylic acids is 2. The molecule has 0 fully saturated rings. The monoisotopic (exact) mass is 341 g/mol. The predicted octanol–water partition coefficient (Wildman–Crippen LogP) is 1.70. The number of nitrogens with one attached hydrogen (secondary N) is 1. The largest absolute Gasteiger partial charge is 0.504 e. The number of amides is 1. The van der Waals surface area contributed by atoms with Gasteiger partial charge in [-0.3, -0.25) is 14.4 Å². The molecule has 130 valence electrons. The van der Waals surface area contributed by atoms with Crippen molar-refractivity contribution < 1.29 is 19.8 Å². The normalized spacial score (nSPS) is 11.6. The van der Waals surface area contributed by atoms with Crippen LogP contribution in [0.25, 0.3) is 0 Å². The lowest BCUT2D eigenvalue weighted by molar-refractivity contribution is -0.118. The fourth-order valence-corrected chi connectivity index (χ4v) is 2.41. The molecule has 0 aliphatic carbocycles. The van der Waals surface area contributed by atoms with Gasteiger partial charge in [0, 0.05) is 5.56 Å². The van der Waals surface area contributed by atoms with Gasteiger partial charge in [-0.15, -0.1) is 0 Å². The van der Waals surface area contributed by atoms with Gasteiger partial charge in [-0.05, 0) is 43.5 Å². The molecule has 0 saturated heterocycles. The minimum absolute atomic E-state index is 0.00853. The Morgan fingerprint density at radius 1 is 1.12 bits per heavy atom. The van der Waals surface area contributed by atoms with Gasteiger partial charge < -0.3 is 15.5 Å². The quantitative estimate of drug-likeness (QED) is 0.768. The zero-order chi connectivity index (χ0) is 18.6. The van der Waals surface area contributed by atoms with E-state index in [2.05, 4.69) is 5.32 Å². The van der Waals surface area contributed by atoms with Crippen molar-refractivity contribution in [2.24, 2.45) is 0 Å². The van der Waals surface area contributed by atoms with Gasteiger partial charge in [-0.1, -0.05) is 30.3 Å². The summed E-state index contributed by atoms with van der Waals surface area (Å²) in [6.45, 7) is 2.89. The average Bonchev–Trinajstić information content (AvgIpc) is 2.66. The maximum Gasteiger partial charge on any atom is 0.252 e. The Hall–Kier alpha value is -3.15. The summed E-state index contributed by atoms with van der Waals surface area (Å²) in [4.78, 5) is 36.0. The Morgan fingerprint density at radius 3 is 2.36 bits per heavy atom. The molecule has 2 rings (SSSR count). The van der Waals surface area contributed by atoms with Gasteiger partial charge >= 0.3 is 0 Å². The van der Waals surface area contributed by atoms with Gasteiger partial charge in [0.2, 0.25) is 11.2 Å². The first kappa shape index (κ1) is 18.2. The number of benzene rings is 1. The number of rotatable bonds is 5. The molecule has 0 spiro atoms. The number of hydrogen-bond acceptors (Lipinski definition) is 5. The second kappa shape index (κ2) is 7.61. The maximum absolute atomic E-state index is 12.5. The van der Waals surface area contributed by atoms with E-state index in [1.54, 1.807) is 0 Å². The van der Waals surface area contributed by atoms with Crippen LogP contribution in [0, 0.1) is 6.92 Å². The average molecular weight is 341 g/mol. The first-order valence-electron chi connectivity index (χ1n) is 7.71. The van der Waals surface area contributed by atoms with Gasteiger partial charge in [-0.25, -0.2) is 0 Å². The van der Waals surface area contributed by atoms with E-state index in [1.165, 1.54) is 13.8 Å². The highest BCUT2D eigenvalue weighted by atomic mass is 16.3. The summed E-state index contributed by atoms with van der Waals surface area (Å²) >= 11 is 0. The number of Topliss-reactive ketones (excluding diaryl/α,β-unsaturated/α-hetero) is 1. The van der Waals surface area contributed by atoms with Crippen LogP contribution in [0.5, 0.6) is 11.5 Å². The van der Waals surface area contributed by atoms with Gasteiger partial charge in [0.1, 0.15) is 0 Å². The standard InChI is InChI=1S/C19H19NO5/c1-11-8-16(22)18(24)17(23)10-14(11)19(25)20-15(12(2)21)9-13-6-4-3-5-7-13/h3-8,10,15H,9H2,1-2H3,(H,20,25)(H2,22,23,24)/t15-/m0/s1. The molecule has 0 aliphatic rings. The predicted molar refractivity (Wildman–Crippen MR) is 92.9 cm³/mol. The van der Waals surface area contributed by atoms with Gasteiger partial charge in [0.15, 0.2) is 11.5 Å². The molecule has 25 heavy (non-hydrogen) atoms. The smallest absolute Gasteiger partial charge is 0.252 e. The van der Waals surface area contributed by atoms with Gasteiger partial charge in [0.05, 0.1) is 6.04 Å². The van der Waals surface area contributed by atoms with E-state index in [1.807, 2.05) is 30.3 Å². The van der Waals surface area contributed by atoms with Crippen molar-refractivity contribution in [2.45, 2.75) is 26.3 Å². The first-order valence-corrected chi connectivity index (χ1v) is 7.71. The van der Waals surface area contributed by atoms with Gasteiger partial charge in [-0.2, -0.15) is 0 Å². The second-order valence-corrected chi connectivity index (χ2v) is 5.81. The van der Waals surface area contributed by atoms with Crippen LogP contribution in [0.3, 0.4) is 0 Å². The Balaban J connectivity index is 2.31. The van der Waals surface area contributed by atoms with Crippen LogP contribution >= 0.6 is 0 Å². The molecule has 0 unspecified atom stereocenters. The molecule has 0 radical (unpaired) electrons. The number of hydrogen-bond donors (Lipinski definition) is 3. The van der Waals surface area contributed by atoms with E-state index < -0.39 is 28.9 Å². The molecular weight excluding hydrogens is 322 g/mol. The third-order valence-electron chi connectivity index (χ3n) is 3.85. The lowest BCUT2D eigenvalue weighted by atomic mass is 10.0. The molecule has 0 aliphatic heterocycles. The molecule has 0 heterocycles. The summed E-state index contributed by atoms with van der Waals surface area (Å²) in [5.41, 5.74) is 0.386. The van der Waals surface area contributed by atoms with E-state index in [4.69, 9.17) is 0 Å². The van der Waals surface area contributed by atoms with Crippen LogP contribution in [0.1, 0.15) is 28.4 Å². The molecule has 1 atom stereocenters. The third kappa shape index (κ3) is 4.44. The van der Waals surface area contributed by atoms with Crippen LogP contribution in [-0.4, -0.2) is 27.9 Å². The zero-order valence-corrected chi connectivity index (χ0v) is 13.9. The highest BCUT2D eigenvalue weighted by Crippen LogP contribution is 2.21. The van der Waals surface area contributed by atoms with Crippen LogP contribution < -0.4 is 10.7 Å². The van der Waals surface area contributed by atoms with Crippen molar-refractivity contribution >= 4 is 11.7 Å². The Labute approximate surface area is 144 Å². The molecule has 1 amide bonds. The number of aryl methyl sites for hydroxylation is 1. The molecule has 2 aromatic rings. The van der Waals surface area contributed by atoms with E-state index in [-0.39, 0.29) is 16.9 Å².